The number of aromatic carboxylic acids is 1. The first kappa shape index (κ1) is 17.4. The fourth-order valence-electron chi connectivity index (χ4n) is 2.93. The maximum Gasteiger partial charge on any atom is 0.354 e. The number of pyridine rings is 1. The predicted octanol–water partition coefficient (Wildman–Crippen LogP) is 2.42. The van der Waals surface area contributed by atoms with Gasteiger partial charge in [0.05, 0.1) is 17.1 Å². The minimum Gasteiger partial charge on any atom is -0.477 e. The van der Waals surface area contributed by atoms with E-state index in [0.717, 1.165) is 0 Å². The van der Waals surface area contributed by atoms with Gasteiger partial charge in [-0.2, -0.15) is 0 Å². The smallest absolute Gasteiger partial charge is 0.354 e. The molecule has 0 aliphatic heterocycles. The molecule has 0 spiro atoms. The van der Waals surface area contributed by atoms with Crippen LogP contribution >= 0.6 is 0 Å². The quantitative estimate of drug-likeness (QED) is 0.562. The average molecular weight is 376 g/mol. The lowest BCUT2D eigenvalue weighted by molar-refractivity contribution is 0.0689. The van der Waals surface area contributed by atoms with Crippen molar-refractivity contribution >= 4 is 40.1 Å². The number of hydrogen-bond acceptors (Lipinski definition) is 6. The second-order valence-corrected chi connectivity index (χ2v) is 6.34. The van der Waals surface area contributed by atoms with Gasteiger partial charge in [0.15, 0.2) is 11.3 Å². The summed E-state index contributed by atoms with van der Waals surface area (Å²) in [6.45, 7) is 0. The zero-order valence-corrected chi connectivity index (χ0v) is 15.1. The number of carbonyl (C=O) groups excluding carboxylic acids is 1. The number of hydrogen-bond donors (Lipinski definition) is 2. The molecular weight excluding hydrogens is 360 g/mol. The van der Waals surface area contributed by atoms with Crippen LogP contribution in [0.4, 0.5) is 11.6 Å². The number of amides is 1. The summed E-state index contributed by atoms with van der Waals surface area (Å²) in [5.41, 5.74) is 2.11. The third-order valence-electron chi connectivity index (χ3n) is 4.23. The summed E-state index contributed by atoms with van der Waals surface area (Å²) in [4.78, 5) is 38.2. The standard InChI is InChI=1S/C19H16N6O3/c1-24(2)17(26)11-4-3-5-12(8-11)22-19-23-14-6-7-20-9-13(14)16-21-10-15(18(27)28)25(16)19/h3-10H,1-2H3,(H,22,23)(H,27,28). The highest BCUT2D eigenvalue weighted by Gasteiger charge is 2.18. The lowest BCUT2D eigenvalue weighted by Crippen LogP contribution is -2.21. The molecule has 28 heavy (non-hydrogen) atoms. The Balaban J connectivity index is 1.88. The lowest BCUT2D eigenvalue weighted by Gasteiger charge is -2.13. The molecule has 1 amide bonds. The number of benzene rings is 1. The fourth-order valence-corrected chi connectivity index (χ4v) is 2.93. The second kappa shape index (κ2) is 6.62. The molecule has 0 aliphatic carbocycles. The van der Waals surface area contributed by atoms with E-state index in [1.54, 1.807) is 56.8 Å². The number of fused-ring (bicyclic) bond motifs is 3. The van der Waals surface area contributed by atoms with Gasteiger partial charge in [0.1, 0.15) is 0 Å². The highest BCUT2D eigenvalue weighted by Crippen LogP contribution is 2.25. The molecule has 140 valence electrons. The van der Waals surface area contributed by atoms with Gasteiger partial charge in [-0.05, 0) is 24.3 Å². The number of aromatic nitrogens is 4. The minimum absolute atomic E-state index is 0.0312. The van der Waals surface area contributed by atoms with Gasteiger partial charge in [-0.3, -0.25) is 14.2 Å². The SMILES string of the molecule is CN(C)C(=O)c1cccc(Nc2nc3ccncc3c3ncc(C(=O)O)n23)c1. The van der Waals surface area contributed by atoms with Crippen molar-refractivity contribution in [1.29, 1.82) is 0 Å². The molecule has 0 unspecified atom stereocenters. The van der Waals surface area contributed by atoms with Crippen molar-refractivity contribution in [3.8, 4) is 0 Å². The molecule has 0 bridgehead atoms. The molecule has 9 heteroatoms. The van der Waals surface area contributed by atoms with E-state index in [-0.39, 0.29) is 17.5 Å². The first-order chi connectivity index (χ1) is 13.5. The van der Waals surface area contributed by atoms with Gasteiger partial charge in [0.2, 0.25) is 5.95 Å². The molecule has 4 aromatic rings. The molecule has 0 saturated carbocycles. The number of nitrogens with one attached hydrogen (secondary N) is 1. The van der Waals surface area contributed by atoms with Crippen molar-refractivity contribution in [2.45, 2.75) is 0 Å². The van der Waals surface area contributed by atoms with Crippen molar-refractivity contribution in [2.24, 2.45) is 0 Å². The van der Waals surface area contributed by atoms with Gasteiger partial charge in [0.25, 0.3) is 5.91 Å². The molecule has 0 fully saturated rings. The van der Waals surface area contributed by atoms with Crippen molar-refractivity contribution in [1.82, 2.24) is 24.3 Å². The summed E-state index contributed by atoms with van der Waals surface area (Å²) in [6.07, 6.45) is 4.48. The monoisotopic (exact) mass is 376 g/mol. The molecule has 2 N–H and O–H groups in total. The normalized spacial score (nSPS) is 10.9. The predicted molar refractivity (Wildman–Crippen MR) is 103 cm³/mol. The summed E-state index contributed by atoms with van der Waals surface area (Å²) in [5, 5.41) is 13.3. The van der Waals surface area contributed by atoms with Crippen LogP contribution in [0.25, 0.3) is 16.6 Å². The van der Waals surface area contributed by atoms with Gasteiger partial charge in [0, 0.05) is 37.7 Å². The number of rotatable bonds is 4. The number of nitrogens with zero attached hydrogens (tertiary/aromatic N) is 5. The highest BCUT2D eigenvalue weighted by atomic mass is 16.4. The van der Waals surface area contributed by atoms with E-state index < -0.39 is 5.97 Å². The third kappa shape index (κ3) is 2.88. The highest BCUT2D eigenvalue weighted by molar-refractivity contribution is 5.97. The maximum atomic E-state index is 12.2. The van der Waals surface area contributed by atoms with E-state index in [4.69, 9.17) is 0 Å². The van der Waals surface area contributed by atoms with E-state index >= 15 is 0 Å². The van der Waals surface area contributed by atoms with E-state index in [1.165, 1.54) is 15.5 Å². The summed E-state index contributed by atoms with van der Waals surface area (Å²) in [5.74, 6) is -0.990. The van der Waals surface area contributed by atoms with E-state index in [9.17, 15) is 14.7 Å². The van der Waals surface area contributed by atoms with Crippen LogP contribution in [0.15, 0.2) is 48.9 Å². The molecular formula is C19H16N6O3. The Morgan fingerprint density at radius 3 is 2.75 bits per heavy atom. The van der Waals surface area contributed by atoms with Crippen LogP contribution in [0.5, 0.6) is 0 Å². The van der Waals surface area contributed by atoms with E-state index in [2.05, 4.69) is 20.3 Å². The molecule has 4 rings (SSSR count). The molecule has 0 radical (unpaired) electrons. The number of carboxylic acid groups (broad SMARTS) is 1. The molecule has 0 aliphatic rings. The van der Waals surface area contributed by atoms with Crippen LogP contribution in [-0.2, 0) is 0 Å². The van der Waals surface area contributed by atoms with Crippen LogP contribution in [0.1, 0.15) is 20.8 Å². The van der Waals surface area contributed by atoms with Gasteiger partial charge in [-0.1, -0.05) is 6.07 Å². The van der Waals surface area contributed by atoms with Crippen molar-refractivity contribution in [2.75, 3.05) is 19.4 Å². The summed E-state index contributed by atoms with van der Waals surface area (Å²) < 4.78 is 1.42. The fraction of sp³-hybridized carbons (Fsp3) is 0.105. The average Bonchev–Trinajstić information content (AvgIpc) is 3.14. The second-order valence-electron chi connectivity index (χ2n) is 6.34. The maximum absolute atomic E-state index is 12.2. The Morgan fingerprint density at radius 1 is 1.18 bits per heavy atom. The third-order valence-corrected chi connectivity index (χ3v) is 4.23. The molecule has 0 saturated heterocycles. The summed E-state index contributed by atoms with van der Waals surface area (Å²) in [7, 11) is 3.35. The summed E-state index contributed by atoms with van der Waals surface area (Å²) >= 11 is 0. The Morgan fingerprint density at radius 2 is 2.00 bits per heavy atom. The number of anilines is 2. The Kier molecular flexibility index (Phi) is 4.11. The number of carbonyl (C=O) groups is 2. The Hall–Kier alpha value is -4.01. The number of imidazole rings is 1. The molecule has 0 atom stereocenters. The van der Waals surface area contributed by atoms with E-state index in [1.807, 2.05) is 0 Å². The zero-order chi connectivity index (χ0) is 19.8. The molecule has 1 aromatic carbocycles. The first-order valence-electron chi connectivity index (χ1n) is 8.39. The molecule has 9 nitrogen and oxygen atoms in total. The van der Waals surface area contributed by atoms with Crippen LogP contribution in [0.3, 0.4) is 0 Å². The largest absolute Gasteiger partial charge is 0.477 e. The number of carboxylic acids is 1. The molecule has 3 aromatic heterocycles. The van der Waals surface area contributed by atoms with Crippen molar-refractivity contribution in [3.05, 3.63) is 60.2 Å². The summed E-state index contributed by atoms with van der Waals surface area (Å²) in [6, 6.07) is 8.63. The van der Waals surface area contributed by atoms with Crippen LogP contribution < -0.4 is 5.32 Å². The van der Waals surface area contributed by atoms with Crippen LogP contribution in [0, 0.1) is 0 Å². The topological polar surface area (TPSA) is 113 Å². The Labute approximate surface area is 159 Å². The van der Waals surface area contributed by atoms with Gasteiger partial charge < -0.3 is 15.3 Å². The zero-order valence-electron chi connectivity index (χ0n) is 15.1. The first-order valence-corrected chi connectivity index (χ1v) is 8.39. The van der Waals surface area contributed by atoms with Crippen molar-refractivity contribution < 1.29 is 14.7 Å². The van der Waals surface area contributed by atoms with Gasteiger partial charge in [-0.15, -0.1) is 0 Å². The molecule has 3 heterocycles. The van der Waals surface area contributed by atoms with Gasteiger partial charge >= 0.3 is 5.97 Å². The Bertz CT molecular complexity index is 1230. The lowest BCUT2D eigenvalue weighted by atomic mass is 10.2. The van der Waals surface area contributed by atoms with Crippen LogP contribution in [-0.4, -0.2) is 55.3 Å². The van der Waals surface area contributed by atoms with Gasteiger partial charge in [-0.25, -0.2) is 14.8 Å². The van der Waals surface area contributed by atoms with E-state index in [0.29, 0.717) is 27.8 Å². The van der Waals surface area contributed by atoms with Crippen LogP contribution in [0.2, 0.25) is 0 Å². The van der Waals surface area contributed by atoms with Crippen molar-refractivity contribution in [3.63, 3.8) is 0 Å². The minimum atomic E-state index is -1.13.